The molecule has 9 nitrogen and oxygen atoms in total. The minimum atomic E-state index is -0.796. The van der Waals surface area contributed by atoms with Crippen LogP contribution in [0.25, 0.3) is 27.6 Å². The lowest BCUT2D eigenvalue weighted by Crippen LogP contribution is -2.41. The van der Waals surface area contributed by atoms with E-state index in [1.807, 2.05) is 0 Å². The molecule has 0 bridgehead atoms. The molecular formula is C27H32F2N4O5S. The summed E-state index contributed by atoms with van der Waals surface area (Å²) >= 11 is 1.29. The molecular weight excluding hydrogens is 530 g/mol. The second-order valence-electron chi connectivity index (χ2n) is 9.40. The van der Waals surface area contributed by atoms with Gasteiger partial charge in [0.25, 0.3) is 5.56 Å². The first-order valence-corrected chi connectivity index (χ1v) is 13.0. The van der Waals surface area contributed by atoms with Crippen LogP contribution in [0.2, 0.25) is 0 Å². The van der Waals surface area contributed by atoms with Crippen LogP contribution in [0.1, 0.15) is 32.0 Å². The van der Waals surface area contributed by atoms with Gasteiger partial charge in [-0.1, -0.05) is 6.58 Å². The van der Waals surface area contributed by atoms with Crippen LogP contribution in [0, 0.1) is 0 Å². The first-order chi connectivity index (χ1) is 18.6. The molecule has 1 N–H and O–H groups in total. The van der Waals surface area contributed by atoms with Gasteiger partial charge in [-0.25, -0.2) is 13.6 Å². The Labute approximate surface area is 229 Å². The van der Waals surface area contributed by atoms with E-state index in [0.29, 0.717) is 59.4 Å². The zero-order chi connectivity index (χ0) is 28.6. The molecule has 210 valence electrons. The van der Waals surface area contributed by atoms with E-state index in [2.05, 4.69) is 21.4 Å². The number of fused-ring (bicyclic) bond motifs is 2. The second-order valence-corrected chi connectivity index (χ2v) is 10.3. The predicted octanol–water partition coefficient (Wildman–Crippen LogP) is 5.79. The van der Waals surface area contributed by atoms with Crippen LogP contribution in [-0.2, 0) is 27.3 Å². The van der Waals surface area contributed by atoms with Crippen molar-refractivity contribution >= 4 is 33.6 Å². The lowest BCUT2D eigenvalue weighted by Gasteiger charge is -2.30. The zero-order valence-corrected chi connectivity index (χ0v) is 23.1. The van der Waals surface area contributed by atoms with Crippen molar-refractivity contribution < 1.29 is 27.8 Å². The van der Waals surface area contributed by atoms with Crippen LogP contribution in [0.15, 0.2) is 53.4 Å². The summed E-state index contributed by atoms with van der Waals surface area (Å²) < 4.78 is 43.8. The van der Waals surface area contributed by atoms with Crippen molar-refractivity contribution in [2.24, 2.45) is 0 Å². The van der Waals surface area contributed by atoms with Gasteiger partial charge in [0.15, 0.2) is 0 Å². The number of thiophene rings is 1. The van der Waals surface area contributed by atoms with Crippen LogP contribution in [0.5, 0.6) is 0 Å². The number of aromatic amines is 1. The number of rotatable bonds is 7. The number of H-pyrrole nitrogens is 1. The summed E-state index contributed by atoms with van der Waals surface area (Å²) in [7, 11) is 1.63. The van der Waals surface area contributed by atoms with Gasteiger partial charge in [0.1, 0.15) is 23.7 Å². The first-order valence-electron chi connectivity index (χ1n) is 12.1. The van der Waals surface area contributed by atoms with Gasteiger partial charge in [-0.3, -0.25) is 9.48 Å². The topological polar surface area (TPSA) is 98.7 Å². The van der Waals surface area contributed by atoms with E-state index in [-0.39, 0.29) is 18.4 Å². The molecule has 0 unspecified atom stereocenters. The van der Waals surface area contributed by atoms with Gasteiger partial charge in [0, 0.05) is 30.0 Å². The number of methoxy groups -OCH3 is 1. The Morgan fingerprint density at radius 1 is 1.31 bits per heavy atom. The summed E-state index contributed by atoms with van der Waals surface area (Å²) in [5.41, 5.74) is 0.999. The molecule has 0 atom stereocenters. The molecule has 3 aromatic heterocycles. The summed E-state index contributed by atoms with van der Waals surface area (Å²) in [6, 6.07) is 3.40. The lowest BCUT2D eigenvalue weighted by molar-refractivity contribution is 0.0194. The maximum Gasteiger partial charge on any atom is 0.410 e. The van der Waals surface area contributed by atoms with Gasteiger partial charge in [-0.15, -0.1) is 11.3 Å². The molecule has 0 spiro atoms. The van der Waals surface area contributed by atoms with Crippen LogP contribution >= 0.6 is 11.3 Å². The predicted molar refractivity (Wildman–Crippen MR) is 148 cm³/mol. The number of aromatic nitrogens is 3. The SMILES string of the molecule is C=COCCOC.CC(C)(C)OC(=O)N1CCn2nc(-c3[nH]c(=O)c4ccsc4c3C=C(F)/C=C/F)cc2C1. The highest BCUT2D eigenvalue weighted by Gasteiger charge is 2.27. The third-order valence-electron chi connectivity index (χ3n) is 5.40. The normalized spacial score (nSPS) is 13.7. The number of halogens is 2. The highest BCUT2D eigenvalue weighted by molar-refractivity contribution is 7.17. The quantitative estimate of drug-likeness (QED) is 0.222. The number of allylic oxidation sites excluding steroid dienone is 2. The fraction of sp³-hybridized carbons (Fsp3) is 0.370. The average molecular weight is 563 g/mol. The van der Waals surface area contributed by atoms with Crippen LogP contribution in [0.3, 0.4) is 0 Å². The molecule has 1 aliphatic rings. The van der Waals surface area contributed by atoms with Gasteiger partial charge < -0.3 is 24.1 Å². The number of nitrogens with one attached hydrogen (secondary N) is 1. The van der Waals surface area contributed by atoms with E-state index >= 15 is 0 Å². The molecule has 4 heterocycles. The summed E-state index contributed by atoms with van der Waals surface area (Å²) in [5, 5.41) is 6.72. The molecule has 12 heteroatoms. The van der Waals surface area contributed by atoms with Crippen molar-refractivity contribution in [3.05, 3.63) is 70.2 Å². The number of carbonyl (C=O) groups excluding carboxylic acids is 1. The number of pyridine rings is 1. The number of carbonyl (C=O) groups is 1. The Morgan fingerprint density at radius 2 is 2.08 bits per heavy atom. The van der Waals surface area contributed by atoms with Crippen molar-refractivity contribution in [3.63, 3.8) is 0 Å². The molecule has 1 amide bonds. The summed E-state index contributed by atoms with van der Waals surface area (Å²) in [5.74, 6) is -0.796. The van der Waals surface area contributed by atoms with E-state index in [0.717, 1.165) is 5.69 Å². The van der Waals surface area contributed by atoms with Crippen molar-refractivity contribution in [2.45, 2.75) is 39.5 Å². The van der Waals surface area contributed by atoms with Gasteiger partial charge in [-0.05, 0) is 44.4 Å². The minimum Gasteiger partial charge on any atom is -0.499 e. The van der Waals surface area contributed by atoms with Crippen molar-refractivity contribution in [1.82, 2.24) is 19.7 Å². The van der Waals surface area contributed by atoms with E-state index in [1.165, 1.54) is 23.7 Å². The highest BCUT2D eigenvalue weighted by atomic mass is 32.1. The van der Waals surface area contributed by atoms with Crippen molar-refractivity contribution in [2.75, 3.05) is 26.9 Å². The van der Waals surface area contributed by atoms with Gasteiger partial charge in [0.05, 0.1) is 49.1 Å². The summed E-state index contributed by atoms with van der Waals surface area (Å²) in [4.78, 5) is 29.4. The molecule has 0 saturated carbocycles. The number of amides is 1. The molecule has 1 aliphatic heterocycles. The number of nitrogens with zero attached hydrogens (tertiary/aromatic N) is 3. The van der Waals surface area contributed by atoms with Gasteiger partial charge in [-0.2, -0.15) is 5.10 Å². The third-order valence-corrected chi connectivity index (χ3v) is 6.34. The summed E-state index contributed by atoms with van der Waals surface area (Å²) in [6.07, 6.45) is 2.97. The monoisotopic (exact) mass is 562 g/mol. The van der Waals surface area contributed by atoms with Crippen molar-refractivity contribution in [1.29, 1.82) is 0 Å². The molecule has 0 aliphatic carbocycles. The average Bonchev–Trinajstić information content (AvgIpc) is 3.53. The smallest absolute Gasteiger partial charge is 0.410 e. The first kappa shape index (κ1) is 29.8. The van der Waals surface area contributed by atoms with Crippen molar-refractivity contribution in [3.8, 4) is 11.4 Å². The summed E-state index contributed by atoms with van der Waals surface area (Å²) in [6.45, 7) is 11.2. The van der Waals surface area contributed by atoms with E-state index < -0.39 is 17.5 Å². The van der Waals surface area contributed by atoms with E-state index in [1.54, 1.807) is 55.0 Å². The fourth-order valence-corrected chi connectivity index (χ4v) is 4.65. The van der Waals surface area contributed by atoms with Gasteiger partial charge in [0.2, 0.25) is 0 Å². The van der Waals surface area contributed by atoms with E-state index in [9.17, 15) is 18.4 Å². The fourth-order valence-electron chi connectivity index (χ4n) is 3.73. The molecule has 0 radical (unpaired) electrons. The number of hydrogen-bond donors (Lipinski definition) is 1. The molecule has 0 aromatic carbocycles. The molecule has 4 rings (SSSR count). The van der Waals surface area contributed by atoms with E-state index in [4.69, 9.17) is 9.47 Å². The number of hydrogen-bond acceptors (Lipinski definition) is 7. The Balaban J connectivity index is 0.000000532. The minimum absolute atomic E-state index is 0.114. The molecule has 0 fully saturated rings. The highest BCUT2D eigenvalue weighted by Crippen LogP contribution is 2.32. The Hall–Kier alpha value is -3.77. The molecule has 3 aromatic rings. The zero-order valence-electron chi connectivity index (χ0n) is 22.3. The van der Waals surface area contributed by atoms with Crippen LogP contribution in [0.4, 0.5) is 13.6 Å². The number of ether oxygens (including phenoxy) is 3. The lowest BCUT2D eigenvalue weighted by atomic mass is 10.1. The standard InChI is InChI=1S/C22H22F2N4O3S.C5H10O2/c1-22(2,3)31-21(30)27-7-8-28-14(12-27)11-17(26-28)18-16(10-13(24)4-6-23)19-15(5-9-32-19)20(29)25-18;1-3-7-5-4-6-2/h4-6,9-11H,7-8,12H2,1-3H3,(H,25,29);3H,1,4-5H2,2H3/b6-4+,13-10?;. The van der Waals surface area contributed by atoms with Crippen LogP contribution in [-0.4, -0.2) is 58.2 Å². The van der Waals surface area contributed by atoms with Gasteiger partial charge >= 0.3 is 6.09 Å². The largest absolute Gasteiger partial charge is 0.499 e. The Kier molecular flexibility index (Phi) is 10.2. The molecule has 0 saturated heterocycles. The maximum atomic E-state index is 14.2. The molecule has 39 heavy (non-hydrogen) atoms. The second kappa shape index (κ2) is 13.3. The Morgan fingerprint density at radius 3 is 2.74 bits per heavy atom. The third kappa shape index (κ3) is 7.87. The maximum absolute atomic E-state index is 14.2. The Bertz CT molecular complexity index is 1420. The van der Waals surface area contributed by atoms with Crippen LogP contribution < -0.4 is 5.56 Å².